The van der Waals surface area contributed by atoms with E-state index in [1.165, 1.54) is 11.3 Å². The van der Waals surface area contributed by atoms with Gasteiger partial charge in [-0.3, -0.25) is 4.79 Å². The van der Waals surface area contributed by atoms with E-state index >= 15 is 0 Å². The zero-order chi connectivity index (χ0) is 17.0. The summed E-state index contributed by atoms with van der Waals surface area (Å²) in [5.74, 6) is 1.64. The van der Waals surface area contributed by atoms with E-state index in [0.29, 0.717) is 28.7 Å². The van der Waals surface area contributed by atoms with Crippen molar-refractivity contribution in [2.45, 2.75) is 20.4 Å². The van der Waals surface area contributed by atoms with Crippen LogP contribution in [0, 0.1) is 13.8 Å². The number of hydrogen-bond donors (Lipinski definition) is 1. The third-order valence-electron chi connectivity index (χ3n) is 3.34. The Morgan fingerprint density at radius 3 is 2.22 bits per heavy atom. The summed E-state index contributed by atoms with van der Waals surface area (Å²) in [7, 11) is 4.70. The summed E-state index contributed by atoms with van der Waals surface area (Å²) in [5, 5.41) is 3.76. The van der Waals surface area contributed by atoms with Crippen LogP contribution in [0.4, 0.5) is 0 Å². The number of aryl methyl sites for hydroxylation is 2. The van der Waals surface area contributed by atoms with Gasteiger partial charge >= 0.3 is 0 Å². The van der Waals surface area contributed by atoms with E-state index in [9.17, 15) is 4.79 Å². The summed E-state index contributed by atoms with van der Waals surface area (Å²) in [6.45, 7) is 4.03. The zero-order valence-corrected chi connectivity index (χ0v) is 14.7. The first kappa shape index (κ1) is 17.1. The van der Waals surface area contributed by atoms with Crippen molar-refractivity contribution in [3.05, 3.63) is 33.3 Å². The molecule has 2 rings (SSSR count). The van der Waals surface area contributed by atoms with Gasteiger partial charge in [0.2, 0.25) is 0 Å². The van der Waals surface area contributed by atoms with E-state index in [4.69, 9.17) is 14.2 Å². The standard InChI is InChI=1S/C16H20N2O4S/c1-9-15(23-10(2)18-9)16(19)17-8-11-6-13(21-4)14(22-5)7-12(11)20-3/h6-7H,8H2,1-5H3,(H,17,19). The SMILES string of the molecule is COc1cc(OC)c(OC)cc1CNC(=O)c1sc(C)nc1C. The van der Waals surface area contributed by atoms with Crippen LogP contribution in [0.1, 0.15) is 25.9 Å². The number of benzene rings is 1. The van der Waals surface area contributed by atoms with Crippen LogP contribution >= 0.6 is 11.3 Å². The minimum atomic E-state index is -0.148. The molecule has 1 aromatic heterocycles. The first-order valence-corrected chi connectivity index (χ1v) is 7.83. The quantitative estimate of drug-likeness (QED) is 0.878. The van der Waals surface area contributed by atoms with Crippen molar-refractivity contribution in [3.63, 3.8) is 0 Å². The number of nitrogens with zero attached hydrogens (tertiary/aromatic N) is 1. The Morgan fingerprint density at radius 1 is 1.09 bits per heavy atom. The highest BCUT2D eigenvalue weighted by atomic mass is 32.1. The maximum Gasteiger partial charge on any atom is 0.263 e. The van der Waals surface area contributed by atoms with Gasteiger partial charge < -0.3 is 19.5 Å². The van der Waals surface area contributed by atoms with Crippen LogP contribution in [0.5, 0.6) is 17.2 Å². The fourth-order valence-electron chi connectivity index (χ4n) is 2.23. The molecule has 6 nitrogen and oxygen atoms in total. The molecule has 0 saturated carbocycles. The molecule has 0 spiro atoms. The minimum Gasteiger partial charge on any atom is -0.496 e. The number of ether oxygens (including phenoxy) is 3. The second-order valence-corrected chi connectivity index (χ2v) is 6.05. The lowest BCUT2D eigenvalue weighted by Crippen LogP contribution is -2.23. The monoisotopic (exact) mass is 336 g/mol. The number of rotatable bonds is 6. The fourth-order valence-corrected chi connectivity index (χ4v) is 3.06. The van der Waals surface area contributed by atoms with Gasteiger partial charge in [-0.2, -0.15) is 0 Å². The topological polar surface area (TPSA) is 69.7 Å². The summed E-state index contributed by atoms with van der Waals surface area (Å²) in [6.07, 6.45) is 0. The van der Waals surface area contributed by atoms with E-state index in [1.807, 2.05) is 13.8 Å². The Labute approximate surface area is 139 Å². The van der Waals surface area contributed by atoms with Crippen molar-refractivity contribution in [2.75, 3.05) is 21.3 Å². The highest BCUT2D eigenvalue weighted by molar-refractivity contribution is 7.13. The number of thiazole rings is 1. The average molecular weight is 336 g/mol. The van der Waals surface area contributed by atoms with E-state index in [-0.39, 0.29) is 5.91 Å². The minimum absolute atomic E-state index is 0.148. The van der Waals surface area contributed by atoms with Gasteiger partial charge in [-0.05, 0) is 19.9 Å². The molecule has 1 heterocycles. The molecule has 0 atom stereocenters. The third-order valence-corrected chi connectivity index (χ3v) is 4.41. The molecular weight excluding hydrogens is 316 g/mol. The molecule has 0 radical (unpaired) electrons. The lowest BCUT2D eigenvalue weighted by molar-refractivity contribution is 0.0954. The Bertz CT molecular complexity index is 712. The van der Waals surface area contributed by atoms with Crippen molar-refractivity contribution in [3.8, 4) is 17.2 Å². The normalized spacial score (nSPS) is 10.3. The molecule has 0 bridgehead atoms. The van der Waals surface area contributed by atoms with Crippen LogP contribution in [0.3, 0.4) is 0 Å². The summed E-state index contributed by atoms with van der Waals surface area (Å²) in [5.41, 5.74) is 1.54. The average Bonchev–Trinajstić information content (AvgIpc) is 2.90. The number of hydrogen-bond acceptors (Lipinski definition) is 6. The number of aromatic nitrogens is 1. The number of nitrogens with one attached hydrogen (secondary N) is 1. The van der Waals surface area contributed by atoms with Gasteiger partial charge in [-0.25, -0.2) is 4.98 Å². The molecule has 7 heteroatoms. The fraction of sp³-hybridized carbons (Fsp3) is 0.375. The first-order chi connectivity index (χ1) is 11.0. The van der Waals surface area contributed by atoms with Crippen LogP contribution in [-0.4, -0.2) is 32.2 Å². The molecule has 1 amide bonds. The van der Waals surface area contributed by atoms with E-state index in [2.05, 4.69) is 10.3 Å². The Balaban J connectivity index is 2.19. The molecule has 0 fully saturated rings. The summed E-state index contributed by atoms with van der Waals surface area (Å²) in [4.78, 5) is 17.2. The number of carbonyl (C=O) groups excluding carboxylic acids is 1. The summed E-state index contributed by atoms with van der Waals surface area (Å²) < 4.78 is 15.9. The molecule has 23 heavy (non-hydrogen) atoms. The molecule has 1 aromatic carbocycles. The molecule has 0 aliphatic carbocycles. The molecular formula is C16H20N2O4S. The van der Waals surface area contributed by atoms with E-state index in [0.717, 1.165) is 16.3 Å². The van der Waals surface area contributed by atoms with Gasteiger partial charge in [0, 0.05) is 18.2 Å². The zero-order valence-electron chi connectivity index (χ0n) is 13.9. The van der Waals surface area contributed by atoms with Gasteiger partial charge in [0.1, 0.15) is 10.6 Å². The van der Waals surface area contributed by atoms with Crippen molar-refractivity contribution in [2.24, 2.45) is 0 Å². The smallest absolute Gasteiger partial charge is 0.263 e. The maximum absolute atomic E-state index is 12.3. The summed E-state index contributed by atoms with van der Waals surface area (Å²) in [6, 6.07) is 3.53. The van der Waals surface area contributed by atoms with Crippen LogP contribution in [0.15, 0.2) is 12.1 Å². The molecule has 0 aliphatic heterocycles. The number of methoxy groups -OCH3 is 3. The molecule has 124 valence electrons. The Morgan fingerprint density at radius 2 is 1.70 bits per heavy atom. The predicted octanol–water partition coefficient (Wildman–Crippen LogP) is 2.72. The second-order valence-electron chi connectivity index (χ2n) is 4.85. The van der Waals surface area contributed by atoms with Crippen molar-refractivity contribution in [1.82, 2.24) is 10.3 Å². The van der Waals surface area contributed by atoms with Crippen molar-refractivity contribution < 1.29 is 19.0 Å². The van der Waals surface area contributed by atoms with Gasteiger partial charge in [0.25, 0.3) is 5.91 Å². The molecule has 1 N–H and O–H groups in total. The Kier molecular flexibility index (Phi) is 5.44. The van der Waals surface area contributed by atoms with Crippen LogP contribution in [0.2, 0.25) is 0 Å². The van der Waals surface area contributed by atoms with Gasteiger partial charge in [-0.1, -0.05) is 0 Å². The molecule has 2 aromatic rings. The number of amides is 1. The Hall–Kier alpha value is -2.28. The lowest BCUT2D eigenvalue weighted by Gasteiger charge is -2.14. The van der Waals surface area contributed by atoms with Crippen LogP contribution in [-0.2, 0) is 6.54 Å². The maximum atomic E-state index is 12.3. The third kappa shape index (κ3) is 3.73. The van der Waals surface area contributed by atoms with Gasteiger partial charge in [-0.15, -0.1) is 11.3 Å². The van der Waals surface area contributed by atoms with Gasteiger partial charge in [0.15, 0.2) is 11.5 Å². The molecule has 0 saturated heterocycles. The number of carbonyl (C=O) groups is 1. The highest BCUT2D eigenvalue weighted by Crippen LogP contribution is 2.34. The second kappa shape index (κ2) is 7.32. The molecule has 0 unspecified atom stereocenters. The van der Waals surface area contributed by atoms with Crippen LogP contribution < -0.4 is 19.5 Å². The van der Waals surface area contributed by atoms with Gasteiger partial charge in [0.05, 0.1) is 32.0 Å². The molecule has 0 aliphatic rings. The predicted molar refractivity (Wildman–Crippen MR) is 88.9 cm³/mol. The first-order valence-electron chi connectivity index (χ1n) is 7.01. The lowest BCUT2D eigenvalue weighted by atomic mass is 10.1. The van der Waals surface area contributed by atoms with E-state index < -0.39 is 0 Å². The largest absolute Gasteiger partial charge is 0.496 e. The van der Waals surface area contributed by atoms with E-state index in [1.54, 1.807) is 33.5 Å². The summed E-state index contributed by atoms with van der Waals surface area (Å²) >= 11 is 1.38. The van der Waals surface area contributed by atoms with Crippen molar-refractivity contribution in [1.29, 1.82) is 0 Å². The van der Waals surface area contributed by atoms with Crippen LogP contribution in [0.25, 0.3) is 0 Å². The highest BCUT2D eigenvalue weighted by Gasteiger charge is 2.16. The van der Waals surface area contributed by atoms with Crippen molar-refractivity contribution >= 4 is 17.2 Å².